The monoisotopic (exact) mass is 370 g/mol. The number of hydrogen-bond acceptors (Lipinski definition) is 5. The highest BCUT2D eigenvalue weighted by Gasteiger charge is 2.10. The lowest BCUT2D eigenvalue weighted by Crippen LogP contribution is -2.35. The van der Waals surface area contributed by atoms with Gasteiger partial charge >= 0.3 is 11.9 Å². The molecule has 0 rings (SSSR count). The van der Waals surface area contributed by atoms with E-state index >= 15 is 0 Å². The second-order valence-corrected chi connectivity index (χ2v) is 6.82. The molecule has 1 amide bonds. The number of esters is 2. The number of unbranched alkanes of at least 4 members (excludes halogenated alkanes) is 12. The van der Waals surface area contributed by atoms with E-state index in [0.29, 0.717) is 0 Å². The topological polar surface area (TPSA) is 98.5 Å². The van der Waals surface area contributed by atoms with Gasteiger partial charge in [-0.25, -0.2) is 4.79 Å². The van der Waals surface area contributed by atoms with Gasteiger partial charge in [-0.1, -0.05) is 84.0 Å². The number of hydrogen-bond donors (Lipinski definition) is 2. The normalized spacial score (nSPS) is 10.5. The Labute approximate surface area is 158 Å². The fourth-order valence-corrected chi connectivity index (χ4v) is 2.74. The van der Waals surface area contributed by atoms with E-state index in [1.807, 2.05) is 0 Å². The minimum atomic E-state index is -0.744. The van der Waals surface area contributed by atoms with Crippen molar-refractivity contribution in [3.63, 3.8) is 0 Å². The van der Waals surface area contributed by atoms with E-state index in [0.717, 1.165) is 19.3 Å². The molecule has 0 spiro atoms. The average Bonchev–Trinajstić information content (AvgIpc) is 2.63. The van der Waals surface area contributed by atoms with Gasteiger partial charge in [-0.15, -0.1) is 0 Å². The van der Waals surface area contributed by atoms with Crippen LogP contribution in [-0.2, 0) is 19.1 Å². The summed E-state index contributed by atoms with van der Waals surface area (Å²) in [4.78, 5) is 33.7. The predicted octanol–water partition coefficient (Wildman–Crippen LogP) is 3.61. The zero-order valence-corrected chi connectivity index (χ0v) is 16.5. The van der Waals surface area contributed by atoms with Crippen molar-refractivity contribution in [2.24, 2.45) is 5.73 Å². The molecule has 6 heteroatoms. The van der Waals surface area contributed by atoms with Crippen molar-refractivity contribution in [2.75, 3.05) is 13.1 Å². The molecule has 0 heterocycles. The number of nitrogens with one attached hydrogen (secondary N) is 1. The van der Waals surface area contributed by atoms with Crippen LogP contribution in [0.5, 0.6) is 0 Å². The zero-order valence-electron chi connectivity index (χ0n) is 16.5. The third-order valence-corrected chi connectivity index (χ3v) is 4.33. The highest BCUT2D eigenvalue weighted by atomic mass is 16.6. The Kier molecular flexibility index (Phi) is 17.4. The molecule has 0 aromatic carbocycles. The Balaban J connectivity index is 3.32. The first-order valence-corrected chi connectivity index (χ1v) is 10.3. The standard InChI is InChI=1S/C20H38N2O4/c1-2-3-4-5-6-7-8-9-10-11-12-13-14-15-19(24)26-20(25)17-22-18(23)16-21/h2-17,21H2,1H3,(H,22,23). The number of carbonyl (C=O) groups excluding carboxylic acids is 3. The Hall–Kier alpha value is -1.43. The van der Waals surface area contributed by atoms with Gasteiger partial charge < -0.3 is 15.8 Å². The summed E-state index contributed by atoms with van der Waals surface area (Å²) in [6.45, 7) is 1.73. The maximum absolute atomic E-state index is 11.5. The first-order chi connectivity index (χ1) is 12.6. The molecule has 0 saturated heterocycles. The zero-order chi connectivity index (χ0) is 19.5. The summed E-state index contributed by atoms with van der Waals surface area (Å²) in [6.07, 6.45) is 16.3. The summed E-state index contributed by atoms with van der Waals surface area (Å²) in [5.41, 5.74) is 5.09. The molecular formula is C20H38N2O4. The Morgan fingerprint density at radius 1 is 0.731 bits per heavy atom. The van der Waals surface area contributed by atoms with Gasteiger partial charge in [-0.3, -0.25) is 9.59 Å². The maximum atomic E-state index is 11.5. The first kappa shape index (κ1) is 24.6. The van der Waals surface area contributed by atoms with Gasteiger partial charge in [0.05, 0.1) is 6.54 Å². The van der Waals surface area contributed by atoms with Gasteiger partial charge in [0, 0.05) is 6.42 Å². The van der Waals surface area contributed by atoms with E-state index in [9.17, 15) is 14.4 Å². The van der Waals surface area contributed by atoms with Crippen molar-refractivity contribution < 1.29 is 19.1 Å². The number of nitrogens with two attached hydrogens (primary N) is 1. The third kappa shape index (κ3) is 17.4. The van der Waals surface area contributed by atoms with E-state index in [-0.39, 0.29) is 19.5 Å². The highest BCUT2D eigenvalue weighted by molar-refractivity contribution is 5.89. The molecule has 0 atom stereocenters. The molecule has 0 bridgehead atoms. The Morgan fingerprint density at radius 2 is 1.19 bits per heavy atom. The summed E-state index contributed by atoms with van der Waals surface area (Å²) < 4.78 is 4.62. The summed E-state index contributed by atoms with van der Waals surface area (Å²) in [5, 5.41) is 2.26. The first-order valence-electron chi connectivity index (χ1n) is 10.3. The van der Waals surface area contributed by atoms with Gasteiger partial charge in [-0.05, 0) is 6.42 Å². The van der Waals surface area contributed by atoms with Crippen LogP contribution in [0.1, 0.15) is 96.8 Å². The minimum Gasteiger partial charge on any atom is -0.392 e. The predicted molar refractivity (Wildman–Crippen MR) is 103 cm³/mol. The highest BCUT2D eigenvalue weighted by Crippen LogP contribution is 2.13. The van der Waals surface area contributed by atoms with Crippen LogP contribution in [0.2, 0.25) is 0 Å². The molecule has 0 fully saturated rings. The molecule has 0 aliphatic heterocycles. The number of ether oxygens (including phenoxy) is 1. The van der Waals surface area contributed by atoms with Crippen LogP contribution >= 0.6 is 0 Å². The van der Waals surface area contributed by atoms with Gasteiger partial charge in [0.2, 0.25) is 5.91 Å². The summed E-state index contributed by atoms with van der Waals surface area (Å²) in [6, 6.07) is 0. The van der Waals surface area contributed by atoms with Gasteiger partial charge in [0.1, 0.15) is 6.54 Å². The van der Waals surface area contributed by atoms with Gasteiger partial charge in [0.25, 0.3) is 0 Å². The Bertz CT molecular complexity index is 386. The second-order valence-electron chi connectivity index (χ2n) is 6.82. The largest absolute Gasteiger partial charge is 0.392 e. The molecule has 26 heavy (non-hydrogen) atoms. The molecule has 6 nitrogen and oxygen atoms in total. The quantitative estimate of drug-likeness (QED) is 0.231. The van der Waals surface area contributed by atoms with Crippen LogP contribution in [0.4, 0.5) is 0 Å². The van der Waals surface area contributed by atoms with Crippen LogP contribution in [0.25, 0.3) is 0 Å². The van der Waals surface area contributed by atoms with E-state index in [4.69, 9.17) is 5.73 Å². The Morgan fingerprint density at radius 3 is 1.65 bits per heavy atom. The molecule has 0 saturated carbocycles. The molecule has 0 unspecified atom stereocenters. The average molecular weight is 371 g/mol. The third-order valence-electron chi connectivity index (χ3n) is 4.33. The fraction of sp³-hybridized carbons (Fsp3) is 0.850. The molecular weight excluding hydrogens is 332 g/mol. The minimum absolute atomic E-state index is 0.194. The number of carbonyl (C=O) groups is 3. The van der Waals surface area contributed by atoms with Crippen LogP contribution in [0, 0.1) is 0 Å². The van der Waals surface area contributed by atoms with E-state index in [1.165, 1.54) is 64.2 Å². The lowest BCUT2D eigenvalue weighted by Gasteiger charge is -2.05. The summed E-state index contributed by atoms with van der Waals surface area (Å²) >= 11 is 0. The smallest absolute Gasteiger partial charge is 0.333 e. The van der Waals surface area contributed by atoms with Crippen molar-refractivity contribution in [1.82, 2.24) is 5.32 Å². The van der Waals surface area contributed by atoms with Crippen molar-refractivity contribution in [3.05, 3.63) is 0 Å². The molecule has 0 radical (unpaired) electrons. The van der Waals surface area contributed by atoms with Crippen LogP contribution in [0.3, 0.4) is 0 Å². The number of amides is 1. The fourth-order valence-electron chi connectivity index (χ4n) is 2.74. The van der Waals surface area contributed by atoms with E-state index < -0.39 is 17.8 Å². The maximum Gasteiger partial charge on any atom is 0.333 e. The second kappa shape index (κ2) is 18.4. The molecule has 0 aromatic heterocycles. The van der Waals surface area contributed by atoms with E-state index in [1.54, 1.807) is 0 Å². The SMILES string of the molecule is CCCCCCCCCCCCCCCC(=O)OC(=O)CNC(=O)CN. The van der Waals surface area contributed by atoms with Crippen molar-refractivity contribution >= 4 is 17.8 Å². The van der Waals surface area contributed by atoms with Crippen molar-refractivity contribution in [2.45, 2.75) is 96.8 Å². The lowest BCUT2D eigenvalue weighted by molar-refractivity contribution is -0.159. The summed E-state index contributed by atoms with van der Waals surface area (Å²) in [7, 11) is 0. The van der Waals surface area contributed by atoms with Crippen LogP contribution in [0.15, 0.2) is 0 Å². The molecule has 152 valence electrons. The molecule has 0 aromatic rings. The molecule has 0 aliphatic rings. The van der Waals surface area contributed by atoms with Crippen LogP contribution < -0.4 is 11.1 Å². The summed E-state index contributed by atoms with van der Waals surface area (Å²) in [5.74, 6) is -1.72. The van der Waals surface area contributed by atoms with Gasteiger partial charge in [0.15, 0.2) is 0 Å². The van der Waals surface area contributed by atoms with E-state index in [2.05, 4.69) is 17.0 Å². The van der Waals surface area contributed by atoms with Crippen molar-refractivity contribution in [3.8, 4) is 0 Å². The lowest BCUT2D eigenvalue weighted by atomic mass is 10.0. The van der Waals surface area contributed by atoms with Crippen LogP contribution in [-0.4, -0.2) is 30.9 Å². The van der Waals surface area contributed by atoms with Crippen molar-refractivity contribution in [1.29, 1.82) is 0 Å². The van der Waals surface area contributed by atoms with Gasteiger partial charge in [-0.2, -0.15) is 0 Å². The number of rotatable bonds is 17. The molecule has 3 N–H and O–H groups in total. The molecule has 0 aliphatic carbocycles.